The molecule has 0 aliphatic rings. The van der Waals surface area contributed by atoms with Crippen LogP contribution in [0.1, 0.15) is 42.4 Å². The van der Waals surface area contributed by atoms with Crippen molar-refractivity contribution in [3.05, 3.63) is 34.9 Å². The Balaban J connectivity index is 2.22. The number of hydrogen-bond acceptors (Lipinski definition) is 7. The third kappa shape index (κ3) is 13.2. The molecule has 0 bridgehead atoms. The Hall–Kier alpha value is -1.06. The second-order valence-electron chi connectivity index (χ2n) is 7.16. The molecular weight excluding hydrogens is 352 g/mol. The Bertz CT molecular complexity index is 448. The molecule has 0 aliphatic carbocycles. The maximum Gasteiger partial charge on any atom is 0.0682 e. The summed E-state index contributed by atoms with van der Waals surface area (Å²) in [4.78, 5) is 0. The average molecular weight is 395 g/mol. The first-order valence-corrected chi connectivity index (χ1v) is 10.8. The van der Waals surface area contributed by atoms with E-state index in [1.165, 1.54) is 11.1 Å². The highest BCUT2D eigenvalue weighted by molar-refractivity contribution is 5.30. The zero-order valence-electron chi connectivity index (χ0n) is 17.4. The lowest BCUT2D eigenvalue weighted by Crippen LogP contribution is -2.24. The molecule has 0 saturated heterocycles. The summed E-state index contributed by atoms with van der Waals surface area (Å²) in [7, 11) is 0. The minimum Gasteiger partial charge on any atom is -0.392 e. The lowest BCUT2D eigenvalue weighted by atomic mass is 10.1. The molecule has 0 unspecified atom stereocenters. The quantitative estimate of drug-likeness (QED) is 0.165. The van der Waals surface area contributed by atoms with Crippen molar-refractivity contribution < 1.29 is 5.11 Å². The Morgan fingerprint density at radius 3 is 1.39 bits per heavy atom. The molecule has 0 aliphatic heterocycles. The largest absolute Gasteiger partial charge is 0.392 e. The number of nitrogens with two attached hydrogens (primary N) is 2. The minimum absolute atomic E-state index is 0.0803. The second kappa shape index (κ2) is 18.0. The van der Waals surface area contributed by atoms with E-state index in [-0.39, 0.29) is 6.61 Å². The average Bonchev–Trinajstić information content (AvgIpc) is 2.71. The van der Waals surface area contributed by atoms with Crippen LogP contribution in [-0.2, 0) is 19.7 Å². The van der Waals surface area contributed by atoms with Gasteiger partial charge in [-0.3, -0.25) is 0 Å². The summed E-state index contributed by atoms with van der Waals surface area (Å²) in [6.07, 6.45) is 4.25. The summed E-state index contributed by atoms with van der Waals surface area (Å²) >= 11 is 0. The Morgan fingerprint density at radius 1 is 0.571 bits per heavy atom. The summed E-state index contributed by atoms with van der Waals surface area (Å²) in [5, 5.41) is 23.3. The lowest BCUT2D eigenvalue weighted by Gasteiger charge is -2.11. The zero-order valence-corrected chi connectivity index (χ0v) is 17.4. The molecule has 0 amide bonds. The first-order valence-electron chi connectivity index (χ1n) is 10.8. The molecule has 0 spiro atoms. The van der Waals surface area contributed by atoms with E-state index in [1.54, 1.807) is 0 Å². The summed E-state index contributed by atoms with van der Waals surface area (Å²) in [6, 6.07) is 6.38. The van der Waals surface area contributed by atoms with Crippen LogP contribution < -0.4 is 32.7 Å². The van der Waals surface area contributed by atoms with E-state index in [2.05, 4.69) is 39.5 Å². The summed E-state index contributed by atoms with van der Waals surface area (Å²) in [6.45, 7) is 9.20. The van der Waals surface area contributed by atoms with E-state index in [0.717, 1.165) is 96.7 Å². The monoisotopic (exact) mass is 394 g/mol. The SMILES string of the molecule is NCCCNCCCNCc1cc(CO)cc(CNCCCNCCCN)c1. The lowest BCUT2D eigenvalue weighted by molar-refractivity contribution is 0.281. The summed E-state index contributed by atoms with van der Waals surface area (Å²) in [5.41, 5.74) is 14.4. The molecule has 0 fully saturated rings. The van der Waals surface area contributed by atoms with Crippen LogP contribution in [-0.4, -0.2) is 57.5 Å². The third-order valence-electron chi connectivity index (χ3n) is 4.48. The van der Waals surface area contributed by atoms with Crippen LogP contribution in [0.5, 0.6) is 0 Å². The fraction of sp³-hybridized carbons (Fsp3) is 0.714. The van der Waals surface area contributed by atoms with Crippen molar-refractivity contribution in [3.63, 3.8) is 0 Å². The summed E-state index contributed by atoms with van der Waals surface area (Å²) < 4.78 is 0. The van der Waals surface area contributed by atoms with Crippen molar-refractivity contribution in [2.45, 2.75) is 45.4 Å². The standard InChI is InChI=1S/C21H42N6O/c22-5-1-7-24-9-3-11-26-16-19-13-20(15-21(14-19)18-28)17-27-12-4-10-25-8-2-6-23/h13-15,24-28H,1-12,16-18,22-23H2. The number of hydrogen-bond donors (Lipinski definition) is 7. The topological polar surface area (TPSA) is 120 Å². The number of nitrogens with one attached hydrogen (secondary N) is 4. The van der Waals surface area contributed by atoms with Crippen molar-refractivity contribution in [1.82, 2.24) is 21.3 Å². The maximum absolute atomic E-state index is 9.54. The molecule has 7 heteroatoms. The molecule has 0 heterocycles. The van der Waals surface area contributed by atoms with E-state index in [4.69, 9.17) is 11.5 Å². The second-order valence-corrected chi connectivity index (χ2v) is 7.16. The predicted molar refractivity (Wildman–Crippen MR) is 118 cm³/mol. The van der Waals surface area contributed by atoms with Gasteiger partial charge in [-0.25, -0.2) is 0 Å². The molecule has 7 nitrogen and oxygen atoms in total. The molecule has 0 atom stereocenters. The Labute approximate surface area is 171 Å². The number of aliphatic hydroxyl groups excluding tert-OH is 1. The van der Waals surface area contributed by atoms with Gasteiger partial charge >= 0.3 is 0 Å². The van der Waals surface area contributed by atoms with Gasteiger partial charge in [0.25, 0.3) is 0 Å². The molecule has 1 aromatic carbocycles. The maximum atomic E-state index is 9.54. The van der Waals surface area contributed by atoms with Gasteiger partial charge in [-0.2, -0.15) is 0 Å². The van der Waals surface area contributed by atoms with Crippen LogP contribution in [0.15, 0.2) is 18.2 Å². The van der Waals surface area contributed by atoms with Crippen molar-refractivity contribution >= 4 is 0 Å². The molecule has 9 N–H and O–H groups in total. The van der Waals surface area contributed by atoms with Crippen LogP contribution in [0.2, 0.25) is 0 Å². The third-order valence-corrected chi connectivity index (χ3v) is 4.48. The minimum atomic E-state index is 0.0803. The fourth-order valence-electron chi connectivity index (χ4n) is 2.98. The van der Waals surface area contributed by atoms with E-state index >= 15 is 0 Å². The van der Waals surface area contributed by atoms with Gasteiger partial charge in [-0.1, -0.05) is 18.2 Å². The molecular formula is C21H42N6O. The number of benzene rings is 1. The van der Waals surface area contributed by atoms with Gasteiger partial charge in [0.2, 0.25) is 0 Å². The highest BCUT2D eigenvalue weighted by atomic mass is 16.3. The van der Waals surface area contributed by atoms with Gasteiger partial charge in [0.05, 0.1) is 6.61 Å². The van der Waals surface area contributed by atoms with E-state index in [9.17, 15) is 5.11 Å². The van der Waals surface area contributed by atoms with Gasteiger partial charge in [-0.15, -0.1) is 0 Å². The zero-order chi connectivity index (χ0) is 20.3. The van der Waals surface area contributed by atoms with Crippen molar-refractivity contribution in [3.8, 4) is 0 Å². The smallest absolute Gasteiger partial charge is 0.0682 e. The van der Waals surface area contributed by atoms with Crippen LogP contribution in [0.4, 0.5) is 0 Å². The highest BCUT2D eigenvalue weighted by Crippen LogP contribution is 2.11. The van der Waals surface area contributed by atoms with Crippen LogP contribution in [0.25, 0.3) is 0 Å². The van der Waals surface area contributed by atoms with Crippen LogP contribution >= 0.6 is 0 Å². The van der Waals surface area contributed by atoms with Gasteiger partial charge in [0.1, 0.15) is 0 Å². The van der Waals surface area contributed by atoms with Gasteiger partial charge < -0.3 is 37.8 Å². The molecule has 0 aromatic heterocycles. The molecule has 1 aromatic rings. The number of aliphatic hydroxyl groups is 1. The van der Waals surface area contributed by atoms with Crippen molar-refractivity contribution in [1.29, 1.82) is 0 Å². The highest BCUT2D eigenvalue weighted by Gasteiger charge is 2.01. The summed E-state index contributed by atoms with van der Waals surface area (Å²) in [5.74, 6) is 0. The normalized spacial score (nSPS) is 11.2. The van der Waals surface area contributed by atoms with E-state index in [0.29, 0.717) is 0 Å². The predicted octanol–water partition coefficient (Wildman–Crippen LogP) is 0.0151. The number of rotatable bonds is 19. The van der Waals surface area contributed by atoms with Crippen molar-refractivity contribution in [2.75, 3.05) is 52.4 Å². The first-order chi connectivity index (χ1) is 13.8. The van der Waals surface area contributed by atoms with Crippen LogP contribution in [0, 0.1) is 0 Å². The Morgan fingerprint density at radius 2 is 0.964 bits per heavy atom. The molecule has 28 heavy (non-hydrogen) atoms. The van der Waals surface area contributed by atoms with E-state index < -0.39 is 0 Å². The Kier molecular flexibility index (Phi) is 16.1. The molecule has 0 radical (unpaired) electrons. The molecule has 1 rings (SSSR count). The molecule has 162 valence electrons. The van der Waals surface area contributed by atoms with Gasteiger partial charge in [-0.05, 0) is 94.7 Å². The van der Waals surface area contributed by atoms with Gasteiger partial charge in [0, 0.05) is 13.1 Å². The fourth-order valence-corrected chi connectivity index (χ4v) is 2.98. The van der Waals surface area contributed by atoms with Crippen LogP contribution in [0.3, 0.4) is 0 Å². The van der Waals surface area contributed by atoms with Gasteiger partial charge in [0.15, 0.2) is 0 Å². The van der Waals surface area contributed by atoms with E-state index in [1.807, 2.05) is 0 Å². The molecule has 0 saturated carbocycles. The van der Waals surface area contributed by atoms with Crippen molar-refractivity contribution in [2.24, 2.45) is 11.5 Å². The first kappa shape index (κ1) is 25.0.